The monoisotopic (exact) mass is 224 g/mol. The summed E-state index contributed by atoms with van der Waals surface area (Å²) in [6.07, 6.45) is 0. The highest BCUT2D eigenvalue weighted by Gasteiger charge is 2.11. The maximum Gasteiger partial charge on any atom is 0.209 e. The van der Waals surface area contributed by atoms with E-state index in [-0.39, 0.29) is 0 Å². The summed E-state index contributed by atoms with van der Waals surface area (Å²) in [6, 6.07) is 5.74. The molecule has 1 heterocycles. The van der Waals surface area contributed by atoms with Crippen molar-refractivity contribution in [3.63, 3.8) is 0 Å². The van der Waals surface area contributed by atoms with E-state index in [2.05, 4.69) is 5.16 Å². The minimum atomic E-state index is 0.628. The van der Waals surface area contributed by atoms with E-state index in [1.807, 2.05) is 18.2 Å². The average Bonchev–Trinajstić information content (AvgIpc) is 2.69. The second-order valence-corrected chi connectivity index (χ2v) is 4.05. The van der Waals surface area contributed by atoms with Crippen molar-refractivity contribution in [1.82, 2.24) is 5.16 Å². The third kappa shape index (κ3) is 1.93. The summed E-state index contributed by atoms with van der Waals surface area (Å²) >= 11 is 1.59. The zero-order valence-corrected chi connectivity index (χ0v) is 9.21. The molecule has 2 rings (SSSR count). The van der Waals surface area contributed by atoms with Crippen LogP contribution in [0, 0.1) is 0 Å². The fraction of sp³-hybridized carbons (Fsp3) is 0.300. The number of nitrogens with zero attached hydrogens (tertiary/aromatic N) is 1. The average molecular weight is 224 g/mol. The highest BCUT2D eigenvalue weighted by Crippen LogP contribution is 2.32. The molecule has 15 heavy (non-hydrogen) atoms. The molecule has 0 aliphatic rings. The third-order valence-electron chi connectivity index (χ3n) is 2.01. The Balaban J connectivity index is 2.42. The van der Waals surface area contributed by atoms with E-state index in [0.29, 0.717) is 17.9 Å². The van der Waals surface area contributed by atoms with Gasteiger partial charge in [0.05, 0.1) is 12.5 Å². The van der Waals surface area contributed by atoms with Crippen LogP contribution in [0.1, 0.15) is 0 Å². The summed E-state index contributed by atoms with van der Waals surface area (Å²) in [5, 5.41) is 5.84. The topological polar surface area (TPSA) is 61.3 Å². The summed E-state index contributed by atoms with van der Waals surface area (Å²) in [5.74, 6) is 1.54. The van der Waals surface area contributed by atoms with E-state index >= 15 is 0 Å². The molecular formula is C10H12N2O2S. The van der Waals surface area contributed by atoms with Crippen LogP contribution < -0.4 is 10.5 Å². The van der Waals surface area contributed by atoms with E-state index in [9.17, 15) is 0 Å². The van der Waals surface area contributed by atoms with Gasteiger partial charge in [0.25, 0.3) is 0 Å². The molecular weight excluding hydrogens is 212 g/mol. The molecule has 0 saturated heterocycles. The number of aromatic nitrogens is 1. The van der Waals surface area contributed by atoms with Crippen molar-refractivity contribution in [1.29, 1.82) is 0 Å². The van der Waals surface area contributed by atoms with Gasteiger partial charge in [-0.15, -0.1) is 11.8 Å². The van der Waals surface area contributed by atoms with E-state index in [1.165, 1.54) is 0 Å². The lowest BCUT2D eigenvalue weighted by Gasteiger charge is -1.98. The van der Waals surface area contributed by atoms with Gasteiger partial charge in [-0.25, -0.2) is 0 Å². The van der Waals surface area contributed by atoms with Gasteiger partial charge >= 0.3 is 0 Å². The normalized spacial score (nSPS) is 10.8. The molecule has 0 spiro atoms. The van der Waals surface area contributed by atoms with E-state index in [0.717, 1.165) is 16.2 Å². The predicted octanol–water partition coefficient (Wildman–Crippen LogP) is 1.89. The number of methoxy groups -OCH3 is 1. The molecule has 1 aromatic carbocycles. The summed E-state index contributed by atoms with van der Waals surface area (Å²) in [4.78, 5) is 0. The number of rotatable bonds is 4. The van der Waals surface area contributed by atoms with Gasteiger partial charge in [0.1, 0.15) is 5.03 Å². The number of ether oxygens (including phenoxy) is 1. The van der Waals surface area contributed by atoms with E-state index < -0.39 is 0 Å². The Morgan fingerprint density at radius 2 is 2.40 bits per heavy atom. The Kier molecular flexibility index (Phi) is 3.13. The zero-order chi connectivity index (χ0) is 10.7. The lowest BCUT2D eigenvalue weighted by Crippen LogP contribution is -2.00. The second-order valence-electron chi connectivity index (χ2n) is 2.96. The molecule has 5 heteroatoms. The Morgan fingerprint density at radius 3 is 3.13 bits per heavy atom. The number of hydrogen-bond donors (Lipinski definition) is 1. The maximum absolute atomic E-state index is 5.44. The highest BCUT2D eigenvalue weighted by molar-refractivity contribution is 7.99. The van der Waals surface area contributed by atoms with Crippen LogP contribution in [0.4, 0.5) is 0 Å². The Morgan fingerprint density at radius 1 is 1.53 bits per heavy atom. The minimum absolute atomic E-state index is 0.628. The first-order valence-electron chi connectivity index (χ1n) is 4.62. The third-order valence-corrected chi connectivity index (χ3v) is 3.01. The van der Waals surface area contributed by atoms with Crippen molar-refractivity contribution in [2.24, 2.45) is 5.73 Å². The maximum atomic E-state index is 5.44. The molecule has 0 atom stereocenters. The van der Waals surface area contributed by atoms with Crippen molar-refractivity contribution in [3.05, 3.63) is 18.2 Å². The zero-order valence-electron chi connectivity index (χ0n) is 8.40. The molecule has 2 aromatic rings. The molecule has 0 radical (unpaired) electrons. The van der Waals surface area contributed by atoms with Gasteiger partial charge in [0.15, 0.2) is 5.75 Å². The number of nitrogens with two attached hydrogens (primary N) is 1. The van der Waals surface area contributed by atoms with Crippen LogP contribution in [0.5, 0.6) is 5.75 Å². The molecule has 4 nitrogen and oxygen atoms in total. The SMILES string of the molecule is COc1cccc2c(SCCN)noc12. The summed E-state index contributed by atoms with van der Waals surface area (Å²) < 4.78 is 10.4. The smallest absolute Gasteiger partial charge is 0.209 e. The van der Waals surface area contributed by atoms with Crippen LogP contribution in [0.15, 0.2) is 27.7 Å². The van der Waals surface area contributed by atoms with Crippen LogP contribution >= 0.6 is 11.8 Å². The number of hydrogen-bond acceptors (Lipinski definition) is 5. The molecule has 2 N–H and O–H groups in total. The second kappa shape index (κ2) is 4.55. The molecule has 0 aliphatic heterocycles. The van der Waals surface area contributed by atoms with Gasteiger partial charge in [-0.3, -0.25) is 0 Å². The van der Waals surface area contributed by atoms with Gasteiger partial charge in [-0.1, -0.05) is 11.2 Å². The molecule has 0 fully saturated rings. The van der Waals surface area contributed by atoms with Gasteiger partial charge in [0.2, 0.25) is 5.58 Å². The van der Waals surface area contributed by atoms with Gasteiger partial charge < -0.3 is 15.0 Å². The van der Waals surface area contributed by atoms with E-state index in [1.54, 1.807) is 18.9 Å². The molecule has 0 aliphatic carbocycles. The Labute approximate surface area is 91.7 Å². The number of para-hydroxylation sites is 1. The minimum Gasteiger partial charge on any atom is -0.493 e. The Hall–Kier alpha value is -1.20. The first-order valence-corrected chi connectivity index (χ1v) is 5.60. The largest absolute Gasteiger partial charge is 0.493 e. The molecule has 0 bridgehead atoms. The van der Waals surface area contributed by atoms with Gasteiger partial charge in [0, 0.05) is 12.3 Å². The van der Waals surface area contributed by atoms with Crippen LogP contribution in [0.3, 0.4) is 0 Å². The quantitative estimate of drug-likeness (QED) is 0.803. The van der Waals surface area contributed by atoms with Crippen molar-refractivity contribution in [2.75, 3.05) is 19.4 Å². The predicted molar refractivity (Wildman–Crippen MR) is 60.3 cm³/mol. The fourth-order valence-corrected chi connectivity index (χ4v) is 2.05. The lowest BCUT2D eigenvalue weighted by molar-refractivity contribution is 0.388. The standard InChI is InChI=1S/C10H12N2O2S/c1-13-8-4-2-3-7-9(8)14-12-10(7)15-6-5-11/h2-4H,5-6,11H2,1H3. The summed E-state index contributed by atoms with van der Waals surface area (Å²) in [7, 11) is 1.62. The van der Waals surface area contributed by atoms with Crippen molar-refractivity contribution in [3.8, 4) is 5.75 Å². The number of thioether (sulfide) groups is 1. The molecule has 0 saturated carbocycles. The lowest BCUT2D eigenvalue weighted by atomic mass is 10.2. The van der Waals surface area contributed by atoms with Crippen LogP contribution in [-0.4, -0.2) is 24.6 Å². The summed E-state index contributed by atoms with van der Waals surface area (Å²) in [6.45, 7) is 0.628. The van der Waals surface area contributed by atoms with Crippen LogP contribution in [0.2, 0.25) is 0 Å². The van der Waals surface area contributed by atoms with Gasteiger partial charge in [-0.2, -0.15) is 0 Å². The highest BCUT2D eigenvalue weighted by atomic mass is 32.2. The van der Waals surface area contributed by atoms with E-state index in [4.69, 9.17) is 15.0 Å². The van der Waals surface area contributed by atoms with Crippen LogP contribution in [0.25, 0.3) is 11.0 Å². The Bertz CT molecular complexity index is 456. The van der Waals surface area contributed by atoms with Crippen molar-refractivity contribution < 1.29 is 9.26 Å². The van der Waals surface area contributed by atoms with Crippen LogP contribution in [-0.2, 0) is 0 Å². The molecule has 1 aromatic heterocycles. The van der Waals surface area contributed by atoms with Gasteiger partial charge in [-0.05, 0) is 12.1 Å². The number of fused-ring (bicyclic) bond motifs is 1. The first kappa shape index (κ1) is 10.3. The fourth-order valence-electron chi connectivity index (χ4n) is 1.34. The first-order chi connectivity index (χ1) is 7.36. The van der Waals surface area contributed by atoms with Crippen molar-refractivity contribution >= 4 is 22.7 Å². The molecule has 0 unspecified atom stereocenters. The number of benzene rings is 1. The van der Waals surface area contributed by atoms with Crippen molar-refractivity contribution in [2.45, 2.75) is 5.03 Å². The summed E-state index contributed by atoms with van der Waals surface area (Å²) in [5.41, 5.74) is 6.14. The molecule has 80 valence electrons. The molecule has 0 amide bonds.